The van der Waals surface area contributed by atoms with Gasteiger partial charge in [0, 0.05) is 17.3 Å². The van der Waals surface area contributed by atoms with E-state index in [-0.39, 0.29) is 0 Å². The number of aromatic nitrogens is 1. The number of benzene rings is 2. The molecule has 3 aromatic rings. The molecule has 1 aromatic heterocycles. The van der Waals surface area contributed by atoms with E-state index in [0.717, 1.165) is 46.2 Å². The van der Waals surface area contributed by atoms with E-state index in [0.29, 0.717) is 18.9 Å². The molecule has 0 aliphatic carbocycles. The van der Waals surface area contributed by atoms with Crippen LogP contribution in [0.2, 0.25) is 0 Å². The number of ether oxygens (including phenoxy) is 1. The van der Waals surface area contributed by atoms with E-state index in [1.807, 2.05) is 18.3 Å². The minimum Gasteiger partial charge on any atom is -0.493 e. The van der Waals surface area contributed by atoms with Crippen molar-refractivity contribution in [2.75, 3.05) is 6.61 Å². The van der Waals surface area contributed by atoms with Crippen LogP contribution < -0.4 is 4.74 Å². The van der Waals surface area contributed by atoms with Crippen LogP contribution in [-0.2, 0) is 11.2 Å². The SMILES string of the molecule is CCC(CC)COc1ccc(CC(C)C(=O)O)cc1-c1ccc2[nH]ccc2c1. The Bertz CT molecular complexity index is 940. The number of nitrogens with one attached hydrogen (secondary N) is 1. The maximum absolute atomic E-state index is 11.3. The first-order valence-corrected chi connectivity index (χ1v) is 10.1. The second kappa shape index (κ2) is 8.96. The maximum atomic E-state index is 11.3. The lowest BCUT2D eigenvalue weighted by Crippen LogP contribution is -2.13. The summed E-state index contributed by atoms with van der Waals surface area (Å²) in [5.41, 5.74) is 4.20. The number of carbonyl (C=O) groups is 1. The van der Waals surface area contributed by atoms with Gasteiger partial charge in [0.2, 0.25) is 0 Å². The van der Waals surface area contributed by atoms with Crippen molar-refractivity contribution >= 4 is 16.9 Å². The molecular weight excluding hydrogens is 350 g/mol. The van der Waals surface area contributed by atoms with E-state index < -0.39 is 11.9 Å². The fourth-order valence-electron chi connectivity index (χ4n) is 3.45. The van der Waals surface area contributed by atoms with Crippen molar-refractivity contribution in [3.05, 3.63) is 54.2 Å². The number of hydrogen-bond donors (Lipinski definition) is 2. The van der Waals surface area contributed by atoms with Crippen molar-refractivity contribution in [2.24, 2.45) is 11.8 Å². The van der Waals surface area contributed by atoms with Crippen LogP contribution in [-0.4, -0.2) is 22.7 Å². The van der Waals surface area contributed by atoms with Gasteiger partial charge in [-0.2, -0.15) is 0 Å². The molecule has 28 heavy (non-hydrogen) atoms. The third-order valence-electron chi connectivity index (χ3n) is 5.50. The molecule has 0 fully saturated rings. The molecule has 4 nitrogen and oxygen atoms in total. The van der Waals surface area contributed by atoms with Crippen molar-refractivity contribution in [2.45, 2.75) is 40.0 Å². The highest BCUT2D eigenvalue weighted by Crippen LogP contribution is 2.34. The van der Waals surface area contributed by atoms with Crippen LogP contribution in [0.15, 0.2) is 48.7 Å². The van der Waals surface area contributed by atoms with Gasteiger partial charge in [-0.3, -0.25) is 4.79 Å². The predicted molar refractivity (Wildman–Crippen MR) is 114 cm³/mol. The molecule has 1 unspecified atom stereocenters. The molecule has 0 saturated carbocycles. The topological polar surface area (TPSA) is 62.3 Å². The van der Waals surface area contributed by atoms with E-state index in [1.165, 1.54) is 0 Å². The molecule has 0 spiro atoms. The number of hydrogen-bond acceptors (Lipinski definition) is 2. The molecule has 2 N–H and O–H groups in total. The Hall–Kier alpha value is -2.75. The number of rotatable bonds is 9. The third-order valence-corrected chi connectivity index (χ3v) is 5.50. The van der Waals surface area contributed by atoms with Crippen LogP contribution in [0.3, 0.4) is 0 Å². The first kappa shape index (κ1) is 20.0. The number of fused-ring (bicyclic) bond motifs is 1. The Balaban J connectivity index is 1.97. The van der Waals surface area contributed by atoms with Crippen molar-refractivity contribution in [1.29, 1.82) is 0 Å². The molecule has 0 radical (unpaired) electrons. The van der Waals surface area contributed by atoms with E-state index in [4.69, 9.17) is 4.74 Å². The van der Waals surface area contributed by atoms with Crippen LogP contribution >= 0.6 is 0 Å². The van der Waals surface area contributed by atoms with Gasteiger partial charge in [0.05, 0.1) is 12.5 Å². The van der Waals surface area contributed by atoms with Crippen LogP contribution in [0, 0.1) is 11.8 Å². The first-order chi connectivity index (χ1) is 13.5. The molecule has 0 amide bonds. The summed E-state index contributed by atoms with van der Waals surface area (Å²) in [6.07, 6.45) is 4.62. The standard InChI is InChI=1S/C24H29NO3/c1-4-17(5-2)15-28-23-9-6-18(12-16(3)24(26)27)13-21(23)19-7-8-22-20(14-19)10-11-25-22/h6-11,13-14,16-17,25H,4-5,12,15H2,1-3H3,(H,26,27). The summed E-state index contributed by atoms with van der Waals surface area (Å²) in [7, 11) is 0. The molecule has 0 saturated heterocycles. The van der Waals surface area contributed by atoms with Crippen molar-refractivity contribution in [3.63, 3.8) is 0 Å². The monoisotopic (exact) mass is 379 g/mol. The summed E-state index contributed by atoms with van der Waals surface area (Å²) >= 11 is 0. The Morgan fingerprint density at radius 2 is 1.89 bits per heavy atom. The highest BCUT2D eigenvalue weighted by Gasteiger charge is 2.15. The smallest absolute Gasteiger partial charge is 0.306 e. The Kier molecular flexibility index (Phi) is 6.40. The van der Waals surface area contributed by atoms with Gasteiger partial charge in [0.15, 0.2) is 0 Å². The predicted octanol–water partition coefficient (Wildman–Crippen LogP) is 5.91. The fourth-order valence-corrected chi connectivity index (χ4v) is 3.45. The Morgan fingerprint density at radius 3 is 2.61 bits per heavy atom. The molecule has 0 bridgehead atoms. The Labute approximate surface area is 166 Å². The average molecular weight is 380 g/mol. The zero-order valence-electron chi connectivity index (χ0n) is 16.9. The second-order valence-corrected chi connectivity index (χ2v) is 7.55. The molecule has 0 aliphatic rings. The molecule has 4 heteroatoms. The van der Waals surface area contributed by atoms with Crippen LogP contribution in [0.25, 0.3) is 22.0 Å². The lowest BCUT2D eigenvalue weighted by Gasteiger charge is -2.18. The van der Waals surface area contributed by atoms with Gasteiger partial charge < -0.3 is 14.8 Å². The molecule has 1 heterocycles. The zero-order chi connectivity index (χ0) is 20.1. The quantitative estimate of drug-likeness (QED) is 0.485. The Morgan fingerprint density at radius 1 is 1.11 bits per heavy atom. The largest absolute Gasteiger partial charge is 0.493 e. The summed E-state index contributed by atoms with van der Waals surface area (Å²) in [4.78, 5) is 14.5. The van der Waals surface area contributed by atoms with Gasteiger partial charge in [-0.15, -0.1) is 0 Å². The molecule has 1 atom stereocenters. The van der Waals surface area contributed by atoms with E-state index in [2.05, 4.69) is 49.2 Å². The minimum absolute atomic E-state index is 0.420. The molecule has 148 valence electrons. The average Bonchev–Trinajstić information content (AvgIpc) is 3.17. The van der Waals surface area contributed by atoms with Gasteiger partial charge in [-0.1, -0.05) is 45.7 Å². The van der Waals surface area contributed by atoms with E-state index in [9.17, 15) is 9.90 Å². The minimum atomic E-state index is -0.774. The van der Waals surface area contributed by atoms with E-state index in [1.54, 1.807) is 6.92 Å². The molecule has 3 rings (SSSR count). The summed E-state index contributed by atoms with van der Waals surface area (Å²) in [5, 5.41) is 10.4. The van der Waals surface area contributed by atoms with Crippen LogP contribution in [0.4, 0.5) is 0 Å². The number of aliphatic carboxylic acids is 1. The van der Waals surface area contributed by atoms with Crippen molar-refractivity contribution in [3.8, 4) is 16.9 Å². The van der Waals surface area contributed by atoms with Gasteiger partial charge in [-0.05, 0) is 59.2 Å². The lowest BCUT2D eigenvalue weighted by atomic mass is 9.95. The third kappa shape index (κ3) is 4.56. The number of aromatic amines is 1. The maximum Gasteiger partial charge on any atom is 0.306 e. The zero-order valence-corrected chi connectivity index (χ0v) is 16.9. The fraction of sp³-hybridized carbons (Fsp3) is 0.375. The summed E-state index contributed by atoms with van der Waals surface area (Å²) in [5.74, 6) is 0.195. The van der Waals surface area contributed by atoms with Crippen LogP contribution in [0.5, 0.6) is 5.75 Å². The normalized spacial score (nSPS) is 12.4. The van der Waals surface area contributed by atoms with Gasteiger partial charge in [-0.25, -0.2) is 0 Å². The van der Waals surface area contributed by atoms with Crippen molar-refractivity contribution in [1.82, 2.24) is 4.98 Å². The first-order valence-electron chi connectivity index (χ1n) is 10.1. The molecule has 0 aliphatic heterocycles. The number of H-pyrrole nitrogens is 1. The number of carboxylic acids is 1. The summed E-state index contributed by atoms with van der Waals surface area (Å²) in [6.45, 7) is 6.81. The second-order valence-electron chi connectivity index (χ2n) is 7.55. The molecule has 2 aromatic carbocycles. The van der Waals surface area contributed by atoms with Gasteiger partial charge >= 0.3 is 5.97 Å². The van der Waals surface area contributed by atoms with E-state index >= 15 is 0 Å². The van der Waals surface area contributed by atoms with Crippen molar-refractivity contribution < 1.29 is 14.6 Å². The summed E-state index contributed by atoms with van der Waals surface area (Å²) < 4.78 is 6.21. The van der Waals surface area contributed by atoms with Gasteiger partial charge in [0.25, 0.3) is 0 Å². The highest BCUT2D eigenvalue weighted by atomic mass is 16.5. The molecular formula is C24H29NO3. The van der Waals surface area contributed by atoms with Crippen LogP contribution in [0.1, 0.15) is 39.2 Å². The lowest BCUT2D eigenvalue weighted by molar-refractivity contribution is -0.141. The van der Waals surface area contributed by atoms with Gasteiger partial charge in [0.1, 0.15) is 5.75 Å². The highest BCUT2D eigenvalue weighted by molar-refractivity contribution is 5.86. The number of carboxylic acid groups (broad SMARTS) is 1. The summed E-state index contributed by atoms with van der Waals surface area (Å²) in [6, 6.07) is 14.4.